The number of nitrogens with zero attached hydrogens (tertiary/aromatic N) is 2. The third-order valence-electron chi connectivity index (χ3n) is 2.87. The first kappa shape index (κ1) is 17.7. The maximum Gasteiger partial charge on any atom is 0.329 e. The van der Waals surface area contributed by atoms with Crippen molar-refractivity contribution in [1.82, 2.24) is 9.80 Å². The number of likely N-dealkylation sites (N-methyl/N-ethyl adjacent to an activating group) is 1. The van der Waals surface area contributed by atoms with Gasteiger partial charge in [-0.25, -0.2) is 18.0 Å². The monoisotopic (exact) mass is 294 g/mol. The van der Waals surface area contributed by atoms with E-state index >= 15 is 0 Å². The Morgan fingerprint density at radius 1 is 1.26 bits per heavy atom. The molecule has 0 unspecified atom stereocenters. The summed E-state index contributed by atoms with van der Waals surface area (Å²) >= 11 is 0. The first-order valence-corrected chi connectivity index (χ1v) is 7.93. The molecule has 0 saturated carbocycles. The molecule has 0 rings (SSSR count). The summed E-state index contributed by atoms with van der Waals surface area (Å²) in [5.74, 6) is -1.26. The van der Waals surface area contributed by atoms with Gasteiger partial charge in [0.05, 0.1) is 5.75 Å². The maximum atomic E-state index is 12.1. The Labute approximate surface area is 114 Å². The van der Waals surface area contributed by atoms with Gasteiger partial charge in [0.25, 0.3) is 0 Å². The second-order valence-corrected chi connectivity index (χ2v) is 7.20. The number of sulfone groups is 1. The molecule has 1 N–H and O–H groups in total. The van der Waals surface area contributed by atoms with Crippen LogP contribution in [0.5, 0.6) is 0 Å². The fraction of sp³-hybridized carbons (Fsp3) is 0.818. The Bertz CT molecular complexity index is 444. The van der Waals surface area contributed by atoms with E-state index < -0.39 is 27.4 Å². The number of carbonyl (C=O) groups excluding carboxylic acids is 1. The number of carboxylic acids is 1. The number of carbonyl (C=O) groups is 2. The first-order valence-electron chi connectivity index (χ1n) is 5.87. The molecule has 0 bridgehead atoms. The van der Waals surface area contributed by atoms with Crippen LogP contribution in [-0.2, 0) is 14.6 Å². The second-order valence-electron chi connectivity index (χ2n) is 4.94. The molecule has 0 saturated heterocycles. The highest BCUT2D eigenvalue weighted by Crippen LogP contribution is 2.16. The summed E-state index contributed by atoms with van der Waals surface area (Å²) in [5, 5.41) is 9.12. The average Bonchev–Trinajstić information content (AvgIpc) is 2.24. The standard InChI is InChI=1S/C11H22N2O5S/c1-6-13(11(2,3)9(14)15)10(16)12(4)7-8-19(5,17)18/h6-8H2,1-5H3,(H,14,15). The highest BCUT2D eigenvalue weighted by atomic mass is 32.2. The van der Waals surface area contributed by atoms with Gasteiger partial charge in [-0.15, -0.1) is 0 Å². The molecule has 19 heavy (non-hydrogen) atoms. The molecule has 0 aliphatic heterocycles. The lowest BCUT2D eigenvalue weighted by Gasteiger charge is -2.36. The molecule has 7 nitrogen and oxygen atoms in total. The normalized spacial score (nSPS) is 12.1. The third-order valence-corrected chi connectivity index (χ3v) is 3.79. The van der Waals surface area contributed by atoms with Gasteiger partial charge in [0.1, 0.15) is 15.4 Å². The molecular weight excluding hydrogens is 272 g/mol. The van der Waals surface area contributed by atoms with Crippen molar-refractivity contribution in [1.29, 1.82) is 0 Å². The van der Waals surface area contributed by atoms with E-state index in [4.69, 9.17) is 5.11 Å². The van der Waals surface area contributed by atoms with Gasteiger partial charge in [-0.05, 0) is 20.8 Å². The van der Waals surface area contributed by atoms with Crippen molar-refractivity contribution in [3.05, 3.63) is 0 Å². The molecule has 0 aliphatic rings. The van der Waals surface area contributed by atoms with Gasteiger partial charge in [0.2, 0.25) is 0 Å². The molecule has 8 heteroatoms. The minimum atomic E-state index is -3.17. The zero-order valence-corrected chi connectivity index (χ0v) is 12.8. The number of carboxylic acid groups (broad SMARTS) is 1. The molecule has 0 aliphatic carbocycles. The van der Waals surface area contributed by atoms with Gasteiger partial charge in [0.15, 0.2) is 0 Å². The molecular formula is C11H22N2O5S. The Hall–Kier alpha value is -1.31. The van der Waals surface area contributed by atoms with Gasteiger partial charge in [-0.2, -0.15) is 0 Å². The van der Waals surface area contributed by atoms with Crippen molar-refractivity contribution < 1.29 is 23.1 Å². The summed E-state index contributed by atoms with van der Waals surface area (Å²) in [6.45, 7) is 4.79. The average molecular weight is 294 g/mol. The van der Waals surface area contributed by atoms with E-state index in [1.807, 2.05) is 0 Å². The van der Waals surface area contributed by atoms with Crippen molar-refractivity contribution in [2.75, 3.05) is 32.1 Å². The molecule has 0 aromatic heterocycles. The summed E-state index contributed by atoms with van der Waals surface area (Å²) in [6, 6.07) is -0.501. The van der Waals surface area contributed by atoms with Crippen molar-refractivity contribution in [2.45, 2.75) is 26.3 Å². The van der Waals surface area contributed by atoms with E-state index in [-0.39, 0.29) is 18.8 Å². The summed E-state index contributed by atoms with van der Waals surface area (Å²) in [7, 11) is -1.71. The van der Waals surface area contributed by atoms with Gasteiger partial charge < -0.3 is 14.9 Å². The lowest BCUT2D eigenvalue weighted by molar-refractivity contribution is -0.147. The quantitative estimate of drug-likeness (QED) is 0.758. The number of hydrogen-bond donors (Lipinski definition) is 1. The molecule has 2 amide bonds. The van der Waals surface area contributed by atoms with Gasteiger partial charge in [-0.3, -0.25) is 0 Å². The van der Waals surface area contributed by atoms with Gasteiger partial charge in [0, 0.05) is 26.4 Å². The molecule has 0 spiro atoms. The SMILES string of the molecule is CCN(C(=O)N(C)CCS(C)(=O)=O)C(C)(C)C(=O)O. The molecule has 0 heterocycles. The van der Waals surface area contributed by atoms with Crippen molar-refractivity contribution in [3.63, 3.8) is 0 Å². The number of hydrogen-bond acceptors (Lipinski definition) is 4. The Balaban J connectivity index is 4.91. The van der Waals surface area contributed by atoms with Crippen LogP contribution in [0, 0.1) is 0 Å². The van der Waals surface area contributed by atoms with Crippen LogP contribution in [0.15, 0.2) is 0 Å². The van der Waals surface area contributed by atoms with Crippen LogP contribution in [0.3, 0.4) is 0 Å². The minimum absolute atomic E-state index is 0.0316. The largest absolute Gasteiger partial charge is 0.480 e. The molecule has 0 aromatic carbocycles. The zero-order valence-electron chi connectivity index (χ0n) is 12.0. The van der Waals surface area contributed by atoms with E-state index in [9.17, 15) is 18.0 Å². The number of rotatable bonds is 6. The van der Waals surface area contributed by atoms with E-state index in [1.54, 1.807) is 6.92 Å². The summed E-state index contributed by atoms with van der Waals surface area (Å²) in [6.07, 6.45) is 1.09. The minimum Gasteiger partial charge on any atom is -0.480 e. The highest BCUT2D eigenvalue weighted by molar-refractivity contribution is 7.90. The van der Waals surface area contributed by atoms with Crippen LogP contribution in [0.1, 0.15) is 20.8 Å². The maximum absolute atomic E-state index is 12.1. The highest BCUT2D eigenvalue weighted by Gasteiger charge is 2.38. The molecule has 0 radical (unpaired) electrons. The van der Waals surface area contributed by atoms with Crippen LogP contribution < -0.4 is 0 Å². The lowest BCUT2D eigenvalue weighted by atomic mass is 10.0. The van der Waals surface area contributed by atoms with E-state index in [0.29, 0.717) is 0 Å². The first-order chi connectivity index (χ1) is 8.43. The van der Waals surface area contributed by atoms with Crippen LogP contribution >= 0.6 is 0 Å². The van der Waals surface area contributed by atoms with Crippen LogP contribution in [-0.4, -0.2) is 73.0 Å². The molecule has 0 atom stereocenters. The Morgan fingerprint density at radius 3 is 2.05 bits per heavy atom. The van der Waals surface area contributed by atoms with E-state index in [1.165, 1.54) is 30.7 Å². The fourth-order valence-corrected chi connectivity index (χ4v) is 2.10. The van der Waals surface area contributed by atoms with Gasteiger partial charge >= 0.3 is 12.0 Å². The summed E-state index contributed by atoms with van der Waals surface area (Å²) in [5.41, 5.74) is -1.34. The topological polar surface area (TPSA) is 95.0 Å². The molecule has 0 fully saturated rings. The molecule has 112 valence electrons. The van der Waals surface area contributed by atoms with E-state index in [0.717, 1.165) is 6.26 Å². The Kier molecular flexibility index (Phi) is 5.80. The van der Waals surface area contributed by atoms with E-state index in [2.05, 4.69) is 0 Å². The molecule has 0 aromatic rings. The van der Waals surface area contributed by atoms with Crippen molar-refractivity contribution >= 4 is 21.8 Å². The zero-order chi connectivity index (χ0) is 15.4. The summed E-state index contributed by atoms with van der Waals surface area (Å²) in [4.78, 5) is 25.7. The van der Waals surface area contributed by atoms with Gasteiger partial charge in [-0.1, -0.05) is 0 Å². The predicted octanol–water partition coefficient (Wildman–Crippen LogP) is 0.268. The summed E-state index contributed by atoms with van der Waals surface area (Å²) < 4.78 is 22.1. The fourth-order valence-electron chi connectivity index (χ4n) is 1.49. The Morgan fingerprint density at radius 2 is 1.74 bits per heavy atom. The number of urea groups is 1. The number of aliphatic carboxylic acids is 1. The van der Waals surface area contributed by atoms with Crippen molar-refractivity contribution in [2.24, 2.45) is 0 Å². The second kappa shape index (κ2) is 6.23. The lowest BCUT2D eigenvalue weighted by Crippen LogP contribution is -2.56. The van der Waals surface area contributed by atoms with Crippen LogP contribution in [0.25, 0.3) is 0 Å². The number of amides is 2. The third kappa shape index (κ3) is 5.06. The smallest absolute Gasteiger partial charge is 0.329 e. The predicted molar refractivity (Wildman–Crippen MR) is 71.8 cm³/mol. The van der Waals surface area contributed by atoms with Crippen LogP contribution in [0.4, 0.5) is 4.79 Å². The van der Waals surface area contributed by atoms with Crippen molar-refractivity contribution in [3.8, 4) is 0 Å². The van der Waals surface area contributed by atoms with Crippen LogP contribution in [0.2, 0.25) is 0 Å².